The van der Waals surface area contributed by atoms with Crippen molar-refractivity contribution in [1.29, 1.82) is 0 Å². The van der Waals surface area contributed by atoms with Gasteiger partial charge in [-0.3, -0.25) is 9.48 Å². The molecule has 3 rings (SSSR count). The Morgan fingerprint density at radius 3 is 2.50 bits per heavy atom. The Balaban J connectivity index is 1.95. The third-order valence-electron chi connectivity index (χ3n) is 3.92. The van der Waals surface area contributed by atoms with Crippen LogP contribution in [0.15, 0.2) is 35.3 Å². The maximum absolute atomic E-state index is 11.5. The first-order chi connectivity index (χ1) is 10.4. The monoisotopic (exact) mass is 320 g/mol. The molecule has 6 nitrogen and oxygen atoms in total. The van der Waals surface area contributed by atoms with Gasteiger partial charge in [0.25, 0.3) is 5.43 Å². The average molecular weight is 321 g/mol. The van der Waals surface area contributed by atoms with Crippen molar-refractivity contribution < 1.29 is 15.0 Å². The van der Waals surface area contributed by atoms with Crippen LogP contribution in [-0.4, -0.2) is 26.0 Å². The molecule has 0 atom stereocenters. The zero-order valence-corrected chi connectivity index (χ0v) is 12.2. The highest BCUT2D eigenvalue weighted by molar-refractivity contribution is 6.30. The lowest BCUT2D eigenvalue weighted by atomic mass is 9.96. The normalized spacial score (nSPS) is 15.5. The molecule has 7 heteroatoms. The molecular weight excluding hydrogens is 308 g/mol. The summed E-state index contributed by atoms with van der Waals surface area (Å²) in [6.45, 7) is 0.392. The number of halogens is 1. The molecule has 1 saturated carbocycles. The number of aromatic carboxylic acids is 1. The molecule has 0 bridgehead atoms. The molecule has 0 amide bonds. The highest BCUT2D eigenvalue weighted by Gasteiger charge is 2.44. The van der Waals surface area contributed by atoms with Gasteiger partial charge >= 0.3 is 5.97 Å². The van der Waals surface area contributed by atoms with Crippen molar-refractivity contribution in [3.8, 4) is 5.75 Å². The van der Waals surface area contributed by atoms with Crippen molar-refractivity contribution >= 4 is 17.6 Å². The molecular formula is C15H13ClN2O4. The lowest BCUT2D eigenvalue weighted by molar-refractivity contribution is 0.0684. The third kappa shape index (κ3) is 2.57. The van der Waals surface area contributed by atoms with Crippen LogP contribution < -0.4 is 5.43 Å². The van der Waals surface area contributed by atoms with E-state index < -0.39 is 22.8 Å². The molecule has 0 unspecified atom stereocenters. The van der Waals surface area contributed by atoms with Crippen LogP contribution in [0, 0.1) is 0 Å². The van der Waals surface area contributed by atoms with Gasteiger partial charge in [0.1, 0.15) is 0 Å². The fraction of sp³-hybridized carbons (Fsp3) is 0.267. The van der Waals surface area contributed by atoms with Crippen molar-refractivity contribution in [3.63, 3.8) is 0 Å². The van der Waals surface area contributed by atoms with Gasteiger partial charge in [0.05, 0.1) is 12.7 Å². The van der Waals surface area contributed by atoms with E-state index in [1.165, 1.54) is 10.9 Å². The number of hydrogen-bond acceptors (Lipinski definition) is 4. The molecule has 0 spiro atoms. The Morgan fingerprint density at radius 2 is 1.95 bits per heavy atom. The molecule has 2 N–H and O–H groups in total. The molecule has 114 valence electrons. The fourth-order valence-electron chi connectivity index (χ4n) is 2.55. The summed E-state index contributed by atoms with van der Waals surface area (Å²) in [6, 6.07) is 7.46. The summed E-state index contributed by atoms with van der Waals surface area (Å²) in [5, 5.41) is 23.0. The van der Waals surface area contributed by atoms with E-state index in [4.69, 9.17) is 16.7 Å². The number of aromatic nitrogens is 2. The summed E-state index contributed by atoms with van der Waals surface area (Å²) in [4.78, 5) is 22.5. The topological polar surface area (TPSA) is 92.4 Å². The number of carboxylic acid groups (broad SMARTS) is 1. The van der Waals surface area contributed by atoms with Crippen LogP contribution in [0.3, 0.4) is 0 Å². The standard InChI is InChI=1S/C15H13ClN2O4/c16-10-3-1-9(2-4-10)15(5-6-15)8-18-7-11(19)13(20)12(17-18)14(21)22/h1-4,7,19H,5-6,8H2,(H,21,22). The van der Waals surface area contributed by atoms with Crippen LogP contribution >= 0.6 is 11.6 Å². The zero-order valence-electron chi connectivity index (χ0n) is 11.5. The van der Waals surface area contributed by atoms with Crippen molar-refractivity contribution in [3.05, 3.63) is 57.0 Å². The van der Waals surface area contributed by atoms with Crippen molar-refractivity contribution in [1.82, 2.24) is 9.78 Å². The Kier molecular flexibility index (Phi) is 3.41. The van der Waals surface area contributed by atoms with Gasteiger partial charge in [-0.1, -0.05) is 23.7 Å². The van der Waals surface area contributed by atoms with Gasteiger partial charge < -0.3 is 10.2 Å². The molecule has 1 fully saturated rings. The van der Waals surface area contributed by atoms with E-state index in [0.29, 0.717) is 11.6 Å². The molecule has 1 aliphatic rings. The number of aromatic hydroxyl groups is 1. The van der Waals surface area contributed by atoms with Crippen LogP contribution in [-0.2, 0) is 12.0 Å². The first kappa shape index (κ1) is 14.6. The van der Waals surface area contributed by atoms with Crippen molar-refractivity contribution in [2.75, 3.05) is 0 Å². The van der Waals surface area contributed by atoms with E-state index in [1.54, 1.807) is 12.1 Å². The summed E-state index contributed by atoms with van der Waals surface area (Å²) in [5.41, 5.74) is -0.727. The van der Waals surface area contributed by atoms with Gasteiger partial charge in [0.2, 0.25) is 5.69 Å². The minimum atomic E-state index is -1.45. The Hall–Kier alpha value is -2.34. The SMILES string of the molecule is O=C(O)c1nn(CC2(c3ccc(Cl)cc3)CC2)cc(O)c1=O. The first-order valence-electron chi connectivity index (χ1n) is 6.71. The van der Waals surface area contributed by atoms with E-state index in [-0.39, 0.29) is 5.41 Å². The molecule has 22 heavy (non-hydrogen) atoms. The van der Waals surface area contributed by atoms with Gasteiger partial charge in [-0.15, -0.1) is 0 Å². The molecule has 1 aromatic heterocycles. The average Bonchev–Trinajstić information content (AvgIpc) is 3.24. The fourth-order valence-corrected chi connectivity index (χ4v) is 2.67. The van der Waals surface area contributed by atoms with Crippen LogP contribution in [0.2, 0.25) is 5.02 Å². The summed E-state index contributed by atoms with van der Waals surface area (Å²) in [7, 11) is 0. The highest BCUT2D eigenvalue weighted by atomic mass is 35.5. The quantitative estimate of drug-likeness (QED) is 0.899. The van der Waals surface area contributed by atoms with Gasteiger partial charge in [-0.2, -0.15) is 5.10 Å². The van der Waals surface area contributed by atoms with E-state index in [0.717, 1.165) is 18.4 Å². The van der Waals surface area contributed by atoms with Crippen LogP contribution in [0.5, 0.6) is 5.75 Å². The smallest absolute Gasteiger partial charge is 0.360 e. The lowest BCUT2D eigenvalue weighted by Crippen LogP contribution is -2.25. The maximum atomic E-state index is 11.5. The minimum Gasteiger partial charge on any atom is -0.503 e. The van der Waals surface area contributed by atoms with Crippen LogP contribution in [0.1, 0.15) is 28.9 Å². The van der Waals surface area contributed by atoms with Gasteiger partial charge in [-0.25, -0.2) is 4.79 Å². The van der Waals surface area contributed by atoms with E-state index in [1.807, 2.05) is 12.1 Å². The molecule has 0 radical (unpaired) electrons. The van der Waals surface area contributed by atoms with Gasteiger partial charge in [0, 0.05) is 10.4 Å². The number of carbonyl (C=O) groups is 1. The summed E-state index contributed by atoms with van der Waals surface area (Å²) in [5.74, 6) is -2.06. The molecule has 0 aliphatic heterocycles. The predicted molar refractivity (Wildman–Crippen MR) is 79.5 cm³/mol. The van der Waals surface area contributed by atoms with Crippen molar-refractivity contribution in [2.45, 2.75) is 24.8 Å². The lowest BCUT2D eigenvalue weighted by Gasteiger charge is -2.17. The predicted octanol–water partition coefficient (Wildman–Crippen LogP) is 2.03. The Labute approximate surface area is 130 Å². The Bertz CT molecular complexity index is 794. The second kappa shape index (κ2) is 5.14. The summed E-state index contributed by atoms with van der Waals surface area (Å²) in [6.07, 6.45) is 3.02. The Morgan fingerprint density at radius 1 is 1.32 bits per heavy atom. The number of hydrogen-bond donors (Lipinski definition) is 2. The molecule has 1 aliphatic carbocycles. The number of benzene rings is 1. The van der Waals surface area contributed by atoms with Crippen LogP contribution in [0.25, 0.3) is 0 Å². The van der Waals surface area contributed by atoms with E-state index >= 15 is 0 Å². The van der Waals surface area contributed by atoms with Gasteiger partial charge in [-0.05, 0) is 30.5 Å². The molecule has 1 heterocycles. The van der Waals surface area contributed by atoms with Gasteiger partial charge in [0.15, 0.2) is 5.75 Å². The number of nitrogens with zero attached hydrogens (tertiary/aromatic N) is 2. The number of rotatable bonds is 4. The summed E-state index contributed by atoms with van der Waals surface area (Å²) >= 11 is 5.89. The number of carboxylic acids is 1. The highest BCUT2D eigenvalue weighted by Crippen LogP contribution is 2.49. The molecule has 0 saturated heterocycles. The molecule has 1 aromatic carbocycles. The molecule has 2 aromatic rings. The van der Waals surface area contributed by atoms with Crippen LogP contribution in [0.4, 0.5) is 0 Å². The largest absolute Gasteiger partial charge is 0.503 e. The first-order valence-corrected chi connectivity index (χ1v) is 7.09. The second-order valence-electron chi connectivity index (χ2n) is 5.48. The van der Waals surface area contributed by atoms with E-state index in [9.17, 15) is 14.7 Å². The third-order valence-corrected chi connectivity index (χ3v) is 4.18. The zero-order chi connectivity index (χ0) is 15.9. The second-order valence-corrected chi connectivity index (χ2v) is 5.92. The minimum absolute atomic E-state index is 0.158. The van der Waals surface area contributed by atoms with Crippen molar-refractivity contribution in [2.24, 2.45) is 0 Å². The summed E-state index contributed by atoms with van der Waals surface area (Å²) < 4.78 is 1.32. The van der Waals surface area contributed by atoms with E-state index in [2.05, 4.69) is 5.10 Å². The maximum Gasteiger partial charge on any atom is 0.360 e.